The standard InChI is InChI=1S/C10H19NO.C9H8N4O/c1-2-4-10(5-3-1)11-6-8-12-9-7-11;10-8-6-3-5(9(11)14)1-2-7(6)12-4-13-8/h10H,1-9H2;1-4H,(H2,11,14)(H2,10,12,13). The highest BCUT2D eigenvalue weighted by Gasteiger charge is 2.22. The number of nitrogens with two attached hydrogens (primary N) is 2. The molecule has 0 atom stereocenters. The van der Waals surface area contributed by atoms with Crippen LogP contribution in [0.2, 0.25) is 0 Å². The number of fused-ring (bicyclic) bond motifs is 1. The first-order chi connectivity index (χ1) is 12.6. The molecule has 1 aromatic carbocycles. The van der Waals surface area contributed by atoms with Gasteiger partial charge in [-0.25, -0.2) is 9.97 Å². The van der Waals surface area contributed by atoms with Gasteiger partial charge in [-0.2, -0.15) is 0 Å². The summed E-state index contributed by atoms with van der Waals surface area (Å²) in [5.74, 6) is -0.145. The first kappa shape index (κ1) is 18.5. The largest absolute Gasteiger partial charge is 0.383 e. The number of primary amides is 1. The lowest BCUT2D eigenvalue weighted by atomic mass is 9.94. The van der Waals surface area contributed by atoms with Crippen LogP contribution >= 0.6 is 0 Å². The number of hydrogen-bond acceptors (Lipinski definition) is 6. The predicted molar refractivity (Wildman–Crippen MR) is 102 cm³/mol. The number of carbonyl (C=O) groups excluding carboxylic acids is 1. The van der Waals surface area contributed by atoms with Crippen LogP contribution in [-0.4, -0.2) is 53.1 Å². The fraction of sp³-hybridized carbons (Fsp3) is 0.526. The minimum Gasteiger partial charge on any atom is -0.383 e. The smallest absolute Gasteiger partial charge is 0.248 e. The van der Waals surface area contributed by atoms with Gasteiger partial charge >= 0.3 is 0 Å². The molecule has 140 valence electrons. The maximum absolute atomic E-state index is 10.9. The lowest BCUT2D eigenvalue weighted by Gasteiger charge is -2.36. The molecule has 1 saturated heterocycles. The number of carbonyl (C=O) groups is 1. The number of nitrogen functional groups attached to an aromatic ring is 1. The third-order valence-corrected chi connectivity index (χ3v) is 5.09. The summed E-state index contributed by atoms with van der Waals surface area (Å²) in [6.07, 6.45) is 8.59. The Morgan fingerprint density at radius 3 is 2.54 bits per heavy atom. The predicted octanol–water partition coefficient (Wildman–Crippen LogP) is 1.96. The van der Waals surface area contributed by atoms with Crippen molar-refractivity contribution in [2.75, 3.05) is 32.0 Å². The molecule has 7 heteroatoms. The van der Waals surface area contributed by atoms with Crippen molar-refractivity contribution in [2.24, 2.45) is 5.73 Å². The first-order valence-electron chi connectivity index (χ1n) is 9.27. The van der Waals surface area contributed by atoms with E-state index in [1.807, 2.05) is 0 Å². The number of benzene rings is 1. The number of ether oxygens (including phenoxy) is 1. The average molecular weight is 357 g/mol. The highest BCUT2D eigenvalue weighted by Crippen LogP contribution is 2.23. The van der Waals surface area contributed by atoms with Gasteiger partial charge in [0.15, 0.2) is 0 Å². The lowest BCUT2D eigenvalue weighted by Crippen LogP contribution is -2.44. The Morgan fingerprint density at radius 1 is 1.12 bits per heavy atom. The van der Waals surface area contributed by atoms with Crippen molar-refractivity contribution in [2.45, 2.75) is 38.1 Å². The van der Waals surface area contributed by atoms with Crippen LogP contribution < -0.4 is 11.5 Å². The summed E-state index contributed by atoms with van der Waals surface area (Å²) < 4.78 is 5.35. The molecule has 1 saturated carbocycles. The van der Waals surface area contributed by atoms with Crippen LogP contribution in [-0.2, 0) is 4.74 Å². The molecular weight excluding hydrogens is 330 g/mol. The van der Waals surface area contributed by atoms with E-state index >= 15 is 0 Å². The zero-order valence-electron chi connectivity index (χ0n) is 15.1. The molecule has 1 amide bonds. The average Bonchev–Trinajstić information content (AvgIpc) is 2.70. The van der Waals surface area contributed by atoms with Crippen LogP contribution in [0, 0.1) is 0 Å². The Labute approximate surface area is 153 Å². The molecule has 26 heavy (non-hydrogen) atoms. The third kappa shape index (κ3) is 4.68. The van der Waals surface area contributed by atoms with E-state index in [0.717, 1.165) is 19.3 Å². The number of anilines is 1. The van der Waals surface area contributed by atoms with Gasteiger partial charge in [0.1, 0.15) is 12.1 Å². The number of hydrogen-bond donors (Lipinski definition) is 2. The summed E-state index contributed by atoms with van der Waals surface area (Å²) in [5.41, 5.74) is 11.9. The topological polar surface area (TPSA) is 107 Å². The van der Waals surface area contributed by atoms with Crippen molar-refractivity contribution >= 4 is 22.6 Å². The molecular formula is C19H27N5O2. The molecule has 1 aliphatic heterocycles. The van der Waals surface area contributed by atoms with Crippen LogP contribution in [0.1, 0.15) is 42.5 Å². The summed E-state index contributed by atoms with van der Waals surface area (Å²) in [4.78, 5) is 21.3. The van der Waals surface area contributed by atoms with Gasteiger partial charge in [-0.1, -0.05) is 19.3 Å². The van der Waals surface area contributed by atoms with Gasteiger partial charge in [0.25, 0.3) is 0 Å². The molecule has 2 aliphatic rings. The second-order valence-electron chi connectivity index (χ2n) is 6.80. The Hall–Kier alpha value is -2.25. The van der Waals surface area contributed by atoms with Gasteiger partial charge in [-0.05, 0) is 31.0 Å². The number of aromatic nitrogens is 2. The van der Waals surface area contributed by atoms with E-state index in [4.69, 9.17) is 16.2 Å². The van der Waals surface area contributed by atoms with Gasteiger partial charge in [-0.15, -0.1) is 0 Å². The fourth-order valence-corrected chi connectivity index (χ4v) is 3.62. The first-order valence-corrected chi connectivity index (χ1v) is 9.27. The molecule has 0 spiro atoms. The van der Waals surface area contributed by atoms with Crippen LogP contribution in [0.15, 0.2) is 24.5 Å². The number of amides is 1. The lowest BCUT2D eigenvalue weighted by molar-refractivity contribution is 0.00858. The zero-order chi connectivity index (χ0) is 18.4. The molecule has 1 aromatic heterocycles. The maximum Gasteiger partial charge on any atom is 0.248 e. The van der Waals surface area contributed by atoms with Crippen molar-refractivity contribution in [3.63, 3.8) is 0 Å². The van der Waals surface area contributed by atoms with E-state index in [1.54, 1.807) is 18.2 Å². The second-order valence-corrected chi connectivity index (χ2v) is 6.80. The van der Waals surface area contributed by atoms with Crippen molar-refractivity contribution in [1.82, 2.24) is 14.9 Å². The highest BCUT2D eigenvalue weighted by molar-refractivity contribution is 5.99. The molecule has 0 radical (unpaired) electrons. The maximum atomic E-state index is 10.9. The summed E-state index contributed by atoms with van der Waals surface area (Å²) in [6.45, 7) is 4.25. The van der Waals surface area contributed by atoms with Gasteiger partial charge < -0.3 is 16.2 Å². The molecule has 2 aromatic rings. The molecule has 7 nitrogen and oxygen atoms in total. The monoisotopic (exact) mass is 357 g/mol. The molecule has 0 unspecified atom stereocenters. The SMILES string of the molecule is C1CCC(N2CCOCC2)CC1.NC(=O)c1ccc2ncnc(N)c2c1. The van der Waals surface area contributed by atoms with Gasteiger partial charge in [-0.3, -0.25) is 9.69 Å². The quantitative estimate of drug-likeness (QED) is 0.851. The fourth-order valence-electron chi connectivity index (χ4n) is 3.62. The van der Waals surface area contributed by atoms with Gasteiger partial charge in [0.05, 0.1) is 18.7 Å². The van der Waals surface area contributed by atoms with E-state index < -0.39 is 5.91 Å². The normalized spacial score (nSPS) is 18.9. The highest BCUT2D eigenvalue weighted by atomic mass is 16.5. The Balaban J connectivity index is 0.000000152. The number of morpholine rings is 1. The van der Waals surface area contributed by atoms with E-state index in [-0.39, 0.29) is 0 Å². The van der Waals surface area contributed by atoms with E-state index in [0.29, 0.717) is 22.3 Å². The van der Waals surface area contributed by atoms with Crippen LogP contribution in [0.5, 0.6) is 0 Å². The van der Waals surface area contributed by atoms with Crippen LogP contribution in [0.3, 0.4) is 0 Å². The molecule has 4 rings (SSSR count). The van der Waals surface area contributed by atoms with Gasteiger partial charge in [0.2, 0.25) is 5.91 Å². The molecule has 1 aliphatic carbocycles. The minimum absolute atomic E-state index is 0.345. The summed E-state index contributed by atoms with van der Waals surface area (Å²) in [7, 11) is 0. The molecule has 4 N–H and O–H groups in total. The van der Waals surface area contributed by atoms with Crippen molar-refractivity contribution in [1.29, 1.82) is 0 Å². The number of nitrogens with zero attached hydrogens (tertiary/aromatic N) is 3. The van der Waals surface area contributed by atoms with E-state index in [1.165, 1.54) is 51.5 Å². The zero-order valence-corrected chi connectivity index (χ0v) is 15.1. The molecule has 2 heterocycles. The Morgan fingerprint density at radius 2 is 1.85 bits per heavy atom. The van der Waals surface area contributed by atoms with E-state index in [2.05, 4.69) is 14.9 Å². The Kier molecular flexibility index (Phi) is 6.35. The minimum atomic E-state index is -0.491. The molecule has 0 bridgehead atoms. The van der Waals surface area contributed by atoms with Crippen molar-refractivity contribution in [3.05, 3.63) is 30.1 Å². The van der Waals surface area contributed by atoms with Gasteiger partial charge in [0, 0.05) is 30.1 Å². The Bertz CT molecular complexity index is 724. The van der Waals surface area contributed by atoms with Crippen molar-refractivity contribution in [3.8, 4) is 0 Å². The van der Waals surface area contributed by atoms with Crippen LogP contribution in [0.4, 0.5) is 5.82 Å². The molecule has 2 fully saturated rings. The number of rotatable bonds is 2. The van der Waals surface area contributed by atoms with Crippen LogP contribution in [0.25, 0.3) is 10.9 Å². The summed E-state index contributed by atoms with van der Waals surface area (Å²) in [6, 6.07) is 5.78. The summed E-state index contributed by atoms with van der Waals surface area (Å²) >= 11 is 0. The second kappa shape index (κ2) is 8.91. The van der Waals surface area contributed by atoms with E-state index in [9.17, 15) is 4.79 Å². The summed E-state index contributed by atoms with van der Waals surface area (Å²) in [5, 5.41) is 0.642. The third-order valence-electron chi connectivity index (χ3n) is 5.09. The van der Waals surface area contributed by atoms with Crippen molar-refractivity contribution < 1.29 is 9.53 Å².